The highest BCUT2D eigenvalue weighted by atomic mass is 32.1. The van der Waals surface area contributed by atoms with E-state index in [1.165, 1.54) is 11.1 Å². The maximum Gasteiger partial charge on any atom is 0.245 e. The quantitative estimate of drug-likeness (QED) is 0.774. The summed E-state index contributed by atoms with van der Waals surface area (Å²) in [6, 6.07) is 8.32. The van der Waals surface area contributed by atoms with Crippen LogP contribution >= 0.6 is 11.7 Å². The number of benzene rings is 1. The summed E-state index contributed by atoms with van der Waals surface area (Å²) in [5.41, 5.74) is 2.60. The highest BCUT2D eigenvalue weighted by molar-refractivity contribution is 6.99. The first-order valence-corrected chi connectivity index (χ1v) is 7.38. The molecule has 0 spiro atoms. The Kier molecular flexibility index (Phi) is 5.91. The lowest BCUT2D eigenvalue weighted by molar-refractivity contribution is 0.104. The van der Waals surface area contributed by atoms with Gasteiger partial charge in [-0.1, -0.05) is 31.2 Å². The van der Waals surface area contributed by atoms with Crippen molar-refractivity contribution in [1.29, 1.82) is 0 Å². The molecule has 0 radical (unpaired) electrons. The topological polar surface area (TPSA) is 67.3 Å². The van der Waals surface area contributed by atoms with Crippen LogP contribution in [0.15, 0.2) is 30.5 Å². The van der Waals surface area contributed by atoms with Crippen LogP contribution in [0, 0.1) is 0 Å². The summed E-state index contributed by atoms with van der Waals surface area (Å²) < 4.78 is 13.0. The predicted octanol–water partition coefficient (Wildman–Crippen LogP) is 1.63. The molecule has 20 heavy (non-hydrogen) atoms. The molecule has 0 saturated heterocycles. The summed E-state index contributed by atoms with van der Waals surface area (Å²) in [6.45, 7) is 3.59. The zero-order valence-corrected chi connectivity index (χ0v) is 12.3. The van der Waals surface area contributed by atoms with Gasteiger partial charge in [-0.3, -0.25) is 0 Å². The van der Waals surface area contributed by atoms with Crippen LogP contribution in [0.5, 0.6) is 5.88 Å². The fourth-order valence-electron chi connectivity index (χ4n) is 1.91. The van der Waals surface area contributed by atoms with Crippen molar-refractivity contribution in [3.63, 3.8) is 0 Å². The number of ether oxygens (including phenoxy) is 1. The van der Waals surface area contributed by atoms with Gasteiger partial charge in [0.05, 0.1) is 11.7 Å². The van der Waals surface area contributed by atoms with Gasteiger partial charge in [0.1, 0.15) is 18.9 Å². The third kappa shape index (κ3) is 4.56. The van der Waals surface area contributed by atoms with Crippen LogP contribution in [0.1, 0.15) is 18.1 Å². The number of nitrogens with one attached hydrogen (secondary N) is 1. The number of rotatable bonds is 8. The maximum absolute atomic E-state index is 9.82. The SMILES string of the molecule is CCc1ccccc1CNCC(O)COc1cnsn1. The zero-order valence-electron chi connectivity index (χ0n) is 11.5. The van der Waals surface area contributed by atoms with Crippen LogP contribution in [-0.4, -0.2) is 33.1 Å². The van der Waals surface area contributed by atoms with Crippen molar-refractivity contribution >= 4 is 11.7 Å². The Labute approximate surface area is 122 Å². The van der Waals surface area contributed by atoms with Crippen LogP contribution in [-0.2, 0) is 13.0 Å². The highest BCUT2D eigenvalue weighted by Crippen LogP contribution is 2.09. The van der Waals surface area contributed by atoms with Crippen LogP contribution in [0.4, 0.5) is 0 Å². The molecule has 0 fully saturated rings. The van der Waals surface area contributed by atoms with Gasteiger partial charge in [0.25, 0.3) is 0 Å². The van der Waals surface area contributed by atoms with Gasteiger partial charge in [-0.2, -0.15) is 4.37 Å². The second kappa shape index (κ2) is 7.94. The lowest BCUT2D eigenvalue weighted by Gasteiger charge is -2.13. The number of aliphatic hydroxyl groups is 1. The lowest BCUT2D eigenvalue weighted by atomic mass is 10.1. The molecule has 0 aliphatic carbocycles. The monoisotopic (exact) mass is 293 g/mol. The van der Waals surface area contributed by atoms with Crippen LogP contribution in [0.3, 0.4) is 0 Å². The minimum atomic E-state index is -0.564. The molecule has 108 valence electrons. The lowest BCUT2D eigenvalue weighted by Crippen LogP contribution is -2.31. The van der Waals surface area contributed by atoms with Gasteiger partial charge in [0, 0.05) is 13.1 Å². The van der Waals surface area contributed by atoms with E-state index in [0.29, 0.717) is 12.4 Å². The van der Waals surface area contributed by atoms with E-state index in [1.807, 2.05) is 12.1 Å². The van der Waals surface area contributed by atoms with E-state index in [-0.39, 0.29) is 6.61 Å². The average Bonchev–Trinajstić information content (AvgIpc) is 2.99. The van der Waals surface area contributed by atoms with Gasteiger partial charge in [-0.05, 0) is 17.5 Å². The van der Waals surface area contributed by atoms with Crippen molar-refractivity contribution in [3.05, 3.63) is 41.6 Å². The largest absolute Gasteiger partial charge is 0.473 e. The second-order valence-electron chi connectivity index (χ2n) is 4.46. The molecule has 1 aromatic carbocycles. The van der Waals surface area contributed by atoms with E-state index in [4.69, 9.17) is 4.74 Å². The minimum absolute atomic E-state index is 0.216. The molecule has 5 nitrogen and oxygen atoms in total. The van der Waals surface area contributed by atoms with Crippen LogP contribution < -0.4 is 10.1 Å². The van der Waals surface area contributed by atoms with Crippen molar-refractivity contribution in [2.45, 2.75) is 26.0 Å². The summed E-state index contributed by atoms with van der Waals surface area (Å²) in [7, 11) is 0. The van der Waals surface area contributed by atoms with Gasteiger partial charge >= 0.3 is 0 Å². The van der Waals surface area contributed by atoms with Gasteiger partial charge in [0.2, 0.25) is 5.88 Å². The summed E-state index contributed by atoms with van der Waals surface area (Å²) >= 11 is 1.09. The standard InChI is InChI=1S/C14H19N3O2S/c1-2-11-5-3-4-6-12(11)7-15-8-13(18)10-19-14-9-16-20-17-14/h3-6,9,13,15,18H,2,7-8,10H2,1H3. The Morgan fingerprint density at radius 3 is 2.85 bits per heavy atom. The van der Waals surface area contributed by atoms with E-state index in [9.17, 15) is 5.11 Å². The molecule has 0 saturated carbocycles. The molecule has 0 bridgehead atoms. The fourth-order valence-corrected chi connectivity index (χ4v) is 2.27. The van der Waals surface area contributed by atoms with Gasteiger partial charge < -0.3 is 15.2 Å². The molecular formula is C14H19N3O2S. The summed E-state index contributed by atoms with van der Waals surface area (Å²) in [6.07, 6.45) is 1.99. The van der Waals surface area contributed by atoms with Crippen molar-refractivity contribution in [2.75, 3.05) is 13.2 Å². The Bertz CT molecular complexity index is 505. The molecule has 2 N–H and O–H groups in total. The zero-order chi connectivity index (χ0) is 14.2. The molecule has 1 aromatic heterocycles. The number of aromatic nitrogens is 2. The normalized spacial score (nSPS) is 12.3. The molecule has 0 aliphatic rings. The molecule has 1 unspecified atom stereocenters. The molecular weight excluding hydrogens is 274 g/mol. The molecule has 6 heteroatoms. The predicted molar refractivity (Wildman–Crippen MR) is 78.9 cm³/mol. The Morgan fingerprint density at radius 2 is 2.15 bits per heavy atom. The average molecular weight is 293 g/mol. The first kappa shape index (κ1) is 14.9. The van der Waals surface area contributed by atoms with Crippen molar-refractivity contribution < 1.29 is 9.84 Å². The molecule has 0 amide bonds. The van der Waals surface area contributed by atoms with E-state index >= 15 is 0 Å². The van der Waals surface area contributed by atoms with Gasteiger partial charge in [0.15, 0.2) is 0 Å². The summed E-state index contributed by atoms with van der Waals surface area (Å²) in [5.74, 6) is 0.463. The third-order valence-electron chi connectivity index (χ3n) is 2.96. The summed E-state index contributed by atoms with van der Waals surface area (Å²) in [4.78, 5) is 0. The van der Waals surface area contributed by atoms with Crippen molar-refractivity contribution in [1.82, 2.24) is 14.1 Å². The third-order valence-corrected chi connectivity index (χ3v) is 3.42. The number of aliphatic hydroxyl groups excluding tert-OH is 1. The molecule has 2 aromatic rings. The molecule has 1 heterocycles. The minimum Gasteiger partial charge on any atom is -0.473 e. The first-order valence-electron chi connectivity index (χ1n) is 6.65. The number of nitrogens with zero attached hydrogens (tertiary/aromatic N) is 2. The number of hydrogen-bond donors (Lipinski definition) is 2. The molecule has 1 atom stereocenters. The van der Waals surface area contributed by atoms with Gasteiger partial charge in [-0.25, -0.2) is 0 Å². The Balaban J connectivity index is 1.69. The summed E-state index contributed by atoms with van der Waals surface area (Å²) in [5, 5.41) is 13.1. The van der Waals surface area contributed by atoms with Crippen molar-refractivity contribution in [3.8, 4) is 5.88 Å². The maximum atomic E-state index is 9.82. The smallest absolute Gasteiger partial charge is 0.245 e. The Morgan fingerprint density at radius 1 is 1.35 bits per heavy atom. The highest BCUT2D eigenvalue weighted by Gasteiger charge is 2.07. The van der Waals surface area contributed by atoms with Crippen molar-refractivity contribution in [2.24, 2.45) is 0 Å². The number of aryl methyl sites for hydroxylation is 1. The molecule has 0 aliphatic heterocycles. The molecule has 2 rings (SSSR count). The Hall–Kier alpha value is -1.50. The first-order chi connectivity index (χ1) is 9.79. The van der Waals surface area contributed by atoms with E-state index < -0.39 is 6.10 Å². The fraction of sp³-hybridized carbons (Fsp3) is 0.429. The van der Waals surface area contributed by atoms with E-state index in [0.717, 1.165) is 24.7 Å². The number of hydrogen-bond acceptors (Lipinski definition) is 6. The van der Waals surface area contributed by atoms with E-state index in [2.05, 4.69) is 33.1 Å². The second-order valence-corrected chi connectivity index (χ2v) is 5.02. The van der Waals surface area contributed by atoms with Gasteiger partial charge in [-0.15, -0.1) is 4.37 Å². The van der Waals surface area contributed by atoms with E-state index in [1.54, 1.807) is 6.20 Å². The van der Waals surface area contributed by atoms with Crippen LogP contribution in [0.2, 0.25) is 0 Å². The van der Waals surface area contributed by atoms with Crippen LogP contribution in [0.25, 0.3) is 0 Å².